The first kappa shape index (κ1) is 21.8. The molecular weight excluding hydrogens is 420 g/mol. The molecular formula is C26H26N2O3S. The van der Waals surface area contributed by atoms with Crippen LogP contribution < -0.4 is 14.4 Å². The number of ether oxygens (including phenoxy) is 2. The van der Waals surface area contributed by atoms with Crippen LogP contribution in [0.2, 0.25) is 0 Å². The number of rotatable bonds is 8. The lowest BCUT2D eigenvalue weighted by Gasteiger charge is -2.20. The van der Waals surface area contributed by atoms with E-state index < -0.39 is 0 Å². The van der Waals surface area contributed by atoms with E-state index in [0.717, 1.165) is 32.7 Å². The lowest BCUT2D eigenvalue weighted by atomic mass is 10.1. The fourth-order valence-corrected chi connectivity index (χ4v) is 4.54. The number of aromatic nitrogens is 1. The van der Waals surface area contributed by atoms with Gasteiger partial charge < -0.3 is 9.47 Å². The Balaban J connectivity index is 1.58. The van der Waals surface area contributed by atoms with E-state index in [1.54, 1.807) is 16.2 Å². The highest BCUT2D eigenvalue weighted by atomic mass is 32.1. The summed E-state index contributed by atoms with van der Waals surface area (Å²) in [5, 5.41) is 0.682. The molecule has 1 amide bonds. The van der Waals surface area contributed by atoms with E-state index in [0.29, 0.717) is 24.0 Å². The van der Waals surface area contributed by atoms with Crippen LogP contribution >= 0.6 is 11.3 Å². The first-order valence-corrected chi connectivity index (χ1v) is 11.4. The minimum atomic E-state index is -0.142. The van der Waals surface area contributed by atoms with E-state index >= 15 is 0 Å². The number of carbonyl (C=O) groups is 1. The molecule has 0 atom stereocenters. The number of aryl methyl sites for hydroxylation is 2. The summed E-state index contributed by atoms with van der Waals surface area (Å²) in [6.45, 7) is 7.02. The molecule has 5 nitrogen and oxygen atoms in total. The van der Waals surface area contributed by atoms with Crippen molar-refractivity contribution in [3.63, 3.8) is 0 Å². The number of nitrogens with zero attached hydrogens (tertiary/aromatic N) is 2. The van der Waals surface area contributed by atoms with Gasteiger partial charge in [0.2, 0.25) is 0 Å². The van der Waals surface area contributed by atoms with Crippen molar-refractivity contribution < 1.29 is 14.3 Å². The third kappa shape index (κ3) is 4.92. The zero-order valence-corrected chi connectivity index (χ0v) is 19.3. The predicted octanol–water partition coefficient (Wildman–Crippen LogP) is 5.92. The van der Waals surface area contributed by atoms with Crippen LogP contribution in [0.5, 0.6) is 11.5 Å². The Morgan fingerprint density at radius 1 is 0.906 bits per heavy atom. The molecule has 0 aliphatic heterocycles. The third-order valence-corrected chi connectivity index (χ3v) is 6.36. The molecule has 32 heavy (non-hydrogen) atoms. The van der Waals surface area contributed by atoms with Gasteiger partial charge in [-0.1, -0.05) is 53.8 Å². The van der Waals surface area contributed by atoms with E-state index in [-0.39, 0.29) is 12.5 Å². The quantitative estimate of drug-likeness (QED) is 0.337. The van der Waals surface area contributed by atoms with Crippen LogP contribution in [0.15, 0.2) is 66.7 Å². The van der Waals surface area contributed by atoms with Crippen molar-refractivity contribution in [3.8, 4) is 11.5 Å². The molecule has 0 spiro atoms. The SMILES string of the molecule is CCOc1ccc(OCC(=O)N(Cc2ccccc2)c2nc3c(C)ccc(C)c3s2)cc1. The molecule has 4 rings (SSSR count). The molecule has 6 heteroatoms. The van der Waals surface area contributed by atoms with Crippen molar-refractivity contribution in [2.75, 3.05) is 18.1 Å². The summed E-state index contributed by atoms with van der Waals surface area (Å²) in [7, 11) is 0. The number of hydrogen-bond donors (Lipinski definition) is 0. The van der Waals surface area contributed by atoms with Gasteiger partial charge in [-0.2, -0.15) is 0 Å². The molecule has 1 heterocycles. The first-order chi connectivity index (χ1) is 15.5. The Morgan fingerprint density at radius 3 is 2.22 bits per heavy atom. The maximum absolute atomic E-state index is 13.3. The second kappa shape index (κ2) is 9.83. The summed E-state index contributed by atoms with van der Waals surface area (Å²) < 4.78 is 12.4. The van der Waals surface area contributed by atoms with Crippen molar-refractivity contribution in [2.45, 2.75) is 27.3 Å². The maximum atomic E-state index is 13.3. The normalized spacial score (nSPS) is 10.8. The summed E-state index contributed by atoms with van der Waals surface area (Å²) >= 11 is 1.54. The van der Waals surface area contributed by atoms with Crippen molar-refractivity contribution in [1.29, 1.82) is 0 Å². The highest BCUT2D eigenvalue weighted by molar-refractivity contribution is 7.22. The van der Waals surface area contributed by atoms with Gasteiger partial charge in [-0.15, -0.1) is 0 Å². The highest BCUT2D eigenvalue weighted by Gasteiger charge is 2.22. The van der Waals surface area contributed by atoms with Gasteiger partial charge in [-0.3, -0.25) is 9.69 Å². The molecule has 0 bridgehead atoms. The van der Waals surface area contributed by atoms with E-state index in [1.807, 2.05) is 68.4 Å². The van der Waals surface area contributed by atoms with Crippen LogP contribution in [0.4, 0.5) is 5.13 Å². The van der Waals surface area contributed by atoms with Gasteiger partial charge in [0.25, 0.3) is 5.91 Å². The minimum absolute atomic E-state index is 0.0747. The molecule has 0 fully saturated rings. The smallest absolute Gasteiger partial charge is 0.267 e. The summed E-state index contributed by atoms with van der Waals surface area (Å²) in [5.74, 6) is 1.26. The predicted molar refractivity (Wildman–Crippen MR) is 130 cm³/mol. The molecule has 0 saturated carbocycles. The van der Waals surface area contributed by atoms with E-state index in [4.69, 9.17) is 14.5 Å². The number of amides is 1. The number of anilines is 1. The van der Waals surface area contributed by atoms with E-state index in [9.17, 15) is 4.79 Å². The van der Waals surface area contributed by atoms with Gasteiger partial charge in [0.05, 0.1) is 23.4 Å². The number of fused-ring (bicyclic) bond motifs is 1. The van der Waals surface area contributed by atoms with Crippen molar-refractivity contribution >= 4 is 32.6 Å². The molecule has 0 radical (unpaired) electrons. The minimum Gasteiger partial charge on any atom is -0.494 e. The molecule has 1 aromatic heterocycles. The molecule has 3 aromatic carbocycles. The number of thiazole rings is 1. The van der Waals surface area contributed by atoms with E-state index in [2.05, 4.69) is 19.1 Å². The zero-order valence-electron chi connectivity index (χ0n) is 18.5. The van der Waals surface area contributed by atoms with Crippen LogP contribution in [0, 0.1) is 13.8 Å². The highest BCUT2D eigenvalue weighted by Crippen LogP contribution is 2.34. The van der Waals surface area contributed by atoms with Crippen LogP contribution in [-0.4, -0.2) is 24.1 Å². The second-order valence-electron chi connectivity index (χ2n) is 7.53. The average molecular weight is 447 g/mol. The molecule has 0 N–H and O–H groups in total. The van der Waals surface area contributed by atoms with Crippen molar-refractivity contribution in [1.82, 2.24) is 4.98 Å². The molecule has 164 valence electrons. The van der Waals surface area contributed by atoms with Crippen LogP contribution in [0.3, 0.4) is 0 Å². The van der Waals surface area contributed by atoms with Gasteiger partial charge in [0, 0.05) is 0 Å². The van der Waals surface area contributed by atoms with Gasteiger partial charge >= 0.3 is 0 Å². The molecule has 0 aliphatic carbocycles. The van der Waals surface area contributed by atoms with Gasteiger partial charge in [0.1, 0.15) is 11.5 Å². The number of benzene rings is 3. The third-order valence-electron chi connectivity index (χ3n) is 5.14. The number of carbonyl (C=O) groups excluding carboxylic acids is 1. The summed E-state index contributed by atoms with van der Waals surface area (Å²) in [6.07, 6.45) is 0. The largest absolute Gasteiger partial charge is 0.494 e. The fourth-order valence-electron chi connectivity index (χ4n) is 3.41. The average Bonchev–Trinajstić information content (AvgIpc) is 3.27. The van der Waals surface area contributed by atoms with E-state index in [1.165, 1.54) is 0 Å². The second-order valence-corrected chi connectivity index (χ2v) is 8.51. The fraction of sp³-hybridized carbons (Fsp3) is 0.231. The molecule has 0 saturated heterocycles. The van der Waals surface area contributed by atoms with Crippen LogP contribution in [0.25, 0.3) is 10.2 Å². The Morgan fingerprint density at radius 2 is 1.56 bits per heavy atom. The molecule has 0 unspecified atom stereocenters. The molecule has 4 aromatic rings. The van der Waals surface area contributed by atoms with Gasteiger partial charge in [-0.05, 0) is 61.7 Å². The number of hydrogen-bond acceptors (Lipinski definition) is 5. The Bertz CT molecular complexity index is 1160. The Labute approximate surface area is 192 Å². The first-order valence-electron chi connectivity index (χ1n) is 10.6. The standard InChI is InChI=1S/C26H26N2O3S/c1-4-30-21-12-14-22(15-13-21)31-17-23(29)28(16-20-8-6-5-7-9-20)26-27-24-18(2)10-11-19(3)25(24)32-26/h5-15H,4,16-17H2,1-3H3. The lowest BCUT2D eigenvalue weighted by molar-refractivity contribution is -0.120. The monoisotopic (exact) mass is 446 g/mol. The van der Waals surface area contributed by atoms with Crippen molar-refractivity contribution in [3.05, 3.63) is 83.4 Å². The molecule has 0 aliphatic rings. The van der Waals surface area contributed by atoms with Crippen LogP contribution in [-0.2, 0) is 11.3 Å². The Hall–Kier alpha value is -3.38. The maximum Gasteiger partial charge on any atom is 0.267 e. The lowest BCUT2D eigenvalue weighted by Crippen LogP contribution is -2.34. The summed E-state index contributed by atoms with van der Waals surface area (Å²) in [5.41, 5.74) is 4.25. The summed E-state index contributed by atoms with van der Waals surface area (Å²) in [4.78, 5) is 19.8. The van der Waals surface area contributed by atoms with Crippen LogP contribution in [0.1, 0.15) is 23.6 Å². The van der Waals surface area contributed by atoms with Crippen molar-refractivity contribution in [2.24, 2.45) is 0 Å². The summed E-state index contributed by atoms with van der Waals surface area (Å²) in [6, 6.07) is 21.4. The van der Waals surface area contributed by atoms with Gasteiger partial charge in [0.15, 0.2) is 11.7 Å². The topological polar surface area (TPSA) is 51.7 Å². The zero-order chi connectivity index (χ0) is 22.5. The Kier molecular flexibility index (Phi) is 6.71. The van der Waals surface area contributed by atoms with Gasteiger partial charge in [-0.25, -0.2) is 4.98 Å².